The number of nitrogens with two attached hydrogens (primary N) is 1. The lowest BCUT2D eigenvalue weighted by Gasteiger charge is -2.40. The number of dihydropyridines is 1. The number of pyridine rings is 1. The molecule has 6 heteroatoms. The summed E-state index contributed by atoms with van der Waals surface area (Å²) in [6.45, 7) is 7.88. The third kappa shape index (κ3) is 3.27. The molecule has 0 radical (unpaired) electrons. The summed E-state index contributed by atoms with van der Waals surface area (Å²) < 4.78 is 11.3. The molecule has 1 unspecified atom stereocenters. The van der Waals surface area contributed by atoms with E-state index in [0.29, 0.717) is 12.3 Å². The van der Waals surface area contributed by atoms with Crippen molar-refractivity contribution in [2.75, 3.05) is 38.6 Å². The Morgan fingerprint density at radius 1 is 1.39 bits per heavy atom. The average Bonchev–Trinajstić information content (AvgIpc) is 2.58. The summed E-state index contributed by atoms with van der Waals surface area (Å²) in [5, 5.41) is 3.62. The number of morpholine rings is 1. The third-order valence-corrected chi connectivity index (χ3v) is 4.17. The van der Waals surface area contributed by atoms with Crippen LogP contribution in [-0.4, -0.2) is 42.8 Å². The van der Waals surface area contributed by atoms with Crippen molar-refractivity contribution < 1.29 is 9.47 Å². The zero-order chi connectivity index (χ0) is 16.3. The van der Waals surface area contributed by atoms with Gasteiger partial charge >= 0.3 is 0 Å². The van der Waals surface area contributed by atoms with Crippen LogP contribution in [0.3, 0.4) is 0 Å². The van der Waals surface area contributed by atoms with Crippen LogP contribution in [-0.2, 0) is 15.0 Å². The van der Waals surface area contributed by atoms with Gasteiger partial charge in [0.2, 0.25) is 0 Å². The molecule has 2 aliphatic rings. The Balaban J connectivity index is 1.92. The van der Waals surface area contributed by atoms with Gasteiger partial charge < -0.3 is 25.4 Å². The molecule has 6 nitrogen and oxygen atoms in total. The predicted molar refractivity (Wildman–Crippen MR) is 89.3 cm³/mol. The van der Waals surface area contributed by atoms with Crippen LogP contribution in [0, 0.1) is 0 Å². The number of allylic oxidation sites excluding steroid dienone is 1. The molecule has 0 amide bonds. The third-order valence-electron chi connectivity index (χ3n) is 4.17. The van der Waals surface area contributed by atoms with Gasteiger partial charge in [0.15, 0.2) is 5.76 Å². The normalized spacial score (nSPS) is 24.5. The quantitative estimate of drug-likeness (QED) is 0.878. The molecule has 1 aromatic rings. The number of nitrogens with zero attached hydrogens (tertiary/aromatic N) is 2. The van der Waals surface area contributed by atoms with E-state index < -0.39 is 0 Å². The first kappa shape index (κ1) is 15.7. The van der Waals surface area contributed by atoms with Gasteiger partial charge in [-0.1, -0.05) is 6.08 Å². The first-order valence-corrected chi connectivity index (χ1v) is 8.00. The van der Waals surface area contributed by atoms with Crippen molar-refractivity contribution in [1.82, 2.24) is 15.2 Å². The monoisotopic (exact) mass is 316 g/mol. The first-order chi connectivity index (χ1) is 11.1. The molecule has 3 heterocycles. The molecule has 23 heavy (non-hydrogen) atoms. The molecule has 1 fully saturated rings. The number of hydrogen-bond acceptors (Lipinski definition) is 6. The van der Waals surface area contributed by atoms with Crippen molar-refractivity contribution in [3.05, 3.63) is 47.8 Å². The van der Waals surface area contributed by atoms with Gasteiger partial charge in [0.1, 0.15) is 5.82 Å². The second-order valence-electron chi connectivity index (χ2n) is 5.91. The highest BCUT2D eigenvalue weighted by atomic mass is 16.5. The summed E-state index contributed by atoms with van der Waals surface area (Å²) >= 11 is 0. The van der Waals surface area contributed by atoms with Crippen LogP contribution in [0.5, 0.6) is 0 Å². The highest BCUT2D eigenvalue weighted by molar-refractivity contribution is 5.44. The van der Waals surface area contributed by atoms with Crippen LogP contribution in [0.2, 0.25) is 0 Å². The van der Waals surface area contributed by atoms with E-state index in [4.69, 9.17) is 15.2 Å². The van der Waals surface area contributed by atoms with E-state index in [1.165, 1.54) is 0 Å². The molecule has 0 spiro atoms. The Labute approximate surface area is 137 Å². The number of nitrogens with one attached hydrogen (secondary N) is 1. The lowest BCUT2D eigenvalue weighted by molar-refractivity contribution is 0.0440. The Kier molecular flexibility index (Phi) is 4.43. The molecule has 0 bridgehead atoms. The topological polar surface area (TPSA) is 72.6 Å². The molecule has 1 saturated heterocycles. The molecular formula is C17H24N4O2. The summed E-state index contributed by atoms with van der Waals surface area (Å²) in [7, 11) is 0. The van der Waals surface area contributed by atoms with Gasteiger partial charge in [-0.25, -0.2) is 0 Å². The van der Waals surface area contributed by atoms with Crippen molar-refractivity contribution in [2.45, 2.75) is 19.4 Å². The molecule has 0 aliphatic carbocycles. The molecule has 1 atom stereocenters. The highest BCUT2D eigenvalue weighted by Gasteiger charge is 2.32. The maximum absolute atomic E-state index is 5.90. The Hall–Kier alpha value is -2.21. The number of anilines is 1. The second-order valence-corrected chi connectivity index (χ2v) is 5.91. The zero-order valence-electron chi connectivity index (χ0n) is 13.7. The van der Waals surface area contributed by atoms with Crippen LogP contribution < -0.4 is 11.1 Å². The van der Waals surface area contributed by atoms with Crippen LogP contribution in [0.4, 0.5) is 5.69 Å². The molecule has 0 saturated carbocycles. The molecule has 3 rings (SSSR count). The van der Waals surface area contributed by atoms with Crippen molar-refractivity contribution in [1.29, 1.82) is 0 Å². The average molecular weight is 316 g/mol. The van der Waals surface area contributed by atoms with E-state index in [9.17, 15) is 0 Å². The summed E-state index contributed by atoms with van der Waals surface area (Å²) in [6, 6.07) is 1.95. The van der Waals surface area contributed by atoms with E-state index >= 15 is 0 Å². The molecule has 1 aromatic heterocycles. The largest absolute Gasteiger partial charge is 0.490 e. The van der Waals surface area contributed by atoms with Crippen LogP contribution >= 0.6 is 0 Å². The maximum atomic E-state index is 5.90. The predicted octanol–water partition coefficient (Wildman–Crippen LogP) is 1.58. The first-order valence-electron chi connectivity index (χ1n) is 8.00. The number of rotatable bonds is 4. The highest BCUT2D eigenvalue weighted by Crippen LogP contribution is 2.31. The van der Waals surface area contributed by atoms with E-state index in [0.717, 1.165) is 43.4 Å². The minimum Gasteiger partial charge on any atom is -0.490 e. The zero-order valence-corrected chi connectivity index (χ0v) is 13.7. The standard InChI is InChI=1S/C17H24N4O2/c1-3-23-15-4-5-17(2,13-10-14(18)12-19-11-13)20-16(15)21-6-8-22-9-7-21/h4-5,10-12,20H,3,6-9,18H2,1-2H3. The van der Waals surface area contributed by atoms with Crippen LogP contribution in [0.25, 0.3) is 0 Å². The maximum Gasteiger partial charge on any atom is 0.159 e. The molecular weight excluding hydrogens is 292 g/mol. The number of nitrogen functional groups attached to an aromatic ring is 1. The van der Waals surface area contributed by atoms with Gasteiger partial charge in [-0.15, -0.1) is 0 Å². The fourth-order valence-electron chi connectivity index (χ4n) is 2.87. The van der Waals surface area contributed by atoms with Crippen molar-refractivity contribution in [3.63, 3.8) is 0 Å². The van der Waals surface area contributed by atoms with Gasteiger partial charge in [-0.05, 0) is 26.0 Å². The van der Waals surface area contributed by atoms with Gasteiger partial charge in [-0.3, -0.25) is 4.98 Å². The van der Waals surface area contributed by atoms with E-state index in [2.05, 4.69) is 28.2 Å². The van der Waals surface area contributed by atoms with Gasteiger partial charge in [-0.2, -0.15) is 0 Å². The van der Waals surface area contributed by atoms with Gasteiger partial charge in [0.05, 0.1) is 31.0 Å². The van der Waals surface area contributed by atoms with E-state index in [1.54, 1.807) is 6.20 Å². The smallest absolute Gasteiger partial charge is 0.159 e. The van der Waals surface area contributed by atoms with Crippen LogP contribution in [0.15, 0.2) is 42.2 Å². The number of ether oxygens (including phenoxy) is 2. The Morgan fingerprint density at radius 3 is 2.87 bits per heavy atom. The van der Waals surface area contributed by atoms with Gasteiger partial charge in [0, 0.05) is 31.0 Å². The Morgan fingerprint density at radius 2 is 2.17 bits per heavy atom. The molecule has 3 N–H and O–H groups in total. The lowest BCUT2D eigenvalue weighted by atomic mass is 9.90. The molecule has 0 aromatic carbocycles. The minimum absolute atomic E-state index is 0.378. The van der Waals surface area contributed by atoms with Crippen molar-refractivity contribution in [3.8, 4) is 0 Å². The number of hydrogen-bond donors (Lipinski definition) is 2. The van der Waals surface area contributed by atoms with Crippen molar-refractivity contribution in [2.24, 2.45) is 0 Å². The summed E-state index contributed by atoms with van der Waals surface area (Å²) in [5.41, 5.74) is 7.20. The summed E-state index contributed by atoms with van der Waals surface area (Å²) in [4.78, 5) is 6.49. The fraction of sp³-hybridized carbons (Fsp3) is 0.471. The summed E-state index contributed by atoms with van der Waals surface area (Å²) in [6.07, 6.45) is 7.63. The van der Waals surface area contributed by atoms with Crippen molar-refractivity contribution >= 4 is 5.69 Å². The SMILES string of the molecule is CCOC1=C(N2CCOCC2)NC(C)(c2cncc(N)c2)C=C1. The van der Waals surface area contributed by atoms with Gasteiger partial charge in [0.25, 0.3) is 0 Å². The number of aromatic nitrogens is 1. The lowest BCUT2D eigenvalue weighted by Crippen LogP contribution is -2.48. The molecule has 2 aliphatic heterocycles. The fourth-order valence-corrected chi connectivity index (χ4v) is 2.87. The minimum atomic E-state index is -0.378. The molecule has 124 valence electrons. The van der Waals surface area contributed by atoms with E-state index in [-0.39, 0.29) is 5.54 Å². The Bertz CT molecular complexity index is 623. The second kappa shape index (κ2) is 6.50. The van der Waals surface area contributed by atoms with Crippen LogP contribution in [0.1, 0.15) is 19.4 Å². The summed E-state index contributed by atoms with van der Waals surface area (Å²) in [5.74, 6) is 1.87. The van der Waals surface area contributed by atoms with E-state index in [1.807, 2.05) is 25.3 Å².